The van der Waals surface area contributed by atoms with Crippen LogP contribution in [0.4, 0.5) is 0 Å². The van der Waals surface area contributed by atoms with Gasteiger partial charge in [0.2, 0.25) is 0 Å². The average molecular weight is 377 g/mol. The minimum atomic E-state index is -1.61. The van der Waals surface area contributed by atoms with Crippen LogP contribution in [0.25, 0.3) is 0 Å². The van der Waals surface area contributed by atoms with E-state index in [4.69, 9.17) is 0 Å². The molecular weight excluding hydrogens is 340 g/mol. The second-order valence-corrected chi connectivity index (χ2v) is 7.61. The SMILES string of the molecule is CCCCCCCCCC(CCCCCc1ccccc1)(C(=O)O)C(=O)O. The van der Waals surface area contributed by atoms with Crippen molar-refractivity contribution in [1.82, 2.24) is 0 Å². The highest BCUT2D eigenvalue weighted by molar-refractivity contribution is 5.98. The molecule has 0 heterocycles. The molecule has 1 aromatic rings. The summed E-state index contributed by atoms with van der Waals surface area (Å²) in [7, 11) is 0. The number of rotatable bonds is 16. The number of benzene rings is 1. The Balaban J connectivity index is 2.38. The molecule has 0 aliphatic rings. The molecule has 0 saturated heterocycles. The fraction of sp³-hybridized carbons (Fsp3) is 0.652. The average Bonchev–Trinajstić information content (AvgIpc) is 2.65. The van der Waals surface area contributed by atoms with E-state index in [1.165, 1.54) is 24.8 Å². The first-order valence-electron chi connectivity index (χ1n) is 10.5. The van der Waals surface area contributed by atoms with Crippen LogP contribution in [0.2, 0.25) is 0 Å². The molecule has 4 nitrogen and oxygen atoms in total. The molecule has 1 aromatic carbocycles. The molecule has 1 rings (SSSR count). The predicted octanol–water partition coefficient (Wildman–Crippen LogP) is 6.09. The third-order valence-corrected chi connectivity index (χ3v) is 5.44. The van der Waals surface area contributed by atoms with Gasteiger partial charge in [-0.15, -0.1) is 0 Å². The molecule has 0 atom stereocenters. The van der Waals surface area contributed by atoms with Gasteiger partial charge in [-0.25, -0.2) is 0 Å². The molecule has 0 bridgehead atoms. The Hall–Kier alpha value is -1.84. The van der Waals surface area contributed by atoms with Gasteiger partial charge in [-0.1, -0.05) is 95.0 Å². The van der Waals surface area contributed by atoms with E-state index >= 15 is 0 Å². The van der Waals surface area contributed by atoms with Gasteiger partial charge in [-0.3, -0.25) is 9.59 Å². The number of hydrogen-bond acceptors (Lipinski definition) is 2. The van der Waals surface area contributed by atoms with Gasteiger partial charge in [0, 0.05) is 0 Å². The van der Waals surface area contributed by atoms with Gasteiger partial charge in [0.25, 0.3) is 0 Å². The van der Waals surface area contributed by atoms with Gasteiger partial charge in [-0.2, -0.15) is 0 Å². The van der Waals surface area contributed by atoms with Gasteiger partial charge in [0.05, 0.1) is 0 Å². The molecule has 0 aliphatic heterocycles. The summed E-state index contributed by atoms with van der Waals surface area (Å²) < 4.78 is 0. The van der Waals surface area contributed by atoms with Crippen LogP contribution in [-0.2, 0) is 16.0 Å². The Kier molecular flexibility index (Phi) is 11.5. The summed E-state index contributed by atoms with van der Waals surface area (Å²) in [6.45, 7) is 2.17. The third-order valence-electron chi connectivity index (χ3n) is 5.44. The Labute approximate surface area is 164 Å². The minimum Gasteiger partial charge on any atom is -0.480 e. The maximum absolute atomic E-state index is 11.8. The maximum Gasteiger partial charge on any atom is 0.321 e. The van der Waals surface area contributed by atoms with Gasteiger partial charge >= 0.3 is 11.9 Å². The lowest BCUT2D eigenvalue weighted by molar-refractivity contribution is -0.166. The quantitative estimate of drug-likeness (QED) is 0.270. The third kappa shape index (κ3) is 8.59. The summed E-state index contributed by atoms with van der Waals surface area (Å²) in [4.78, 5) is 23.5. The first-order valence-corrected chi connectivity index (χ1v) is 10.5. The van der Waals surface area contributed by atoms with Crippen LogP contribution in [0.3, 0.4) is 0 Å². The molecule has 0 radical (unpaired) electrons. The van der Waals surface area contributed by atoms with E-state index in [0.717, 1.165) is 38.5 Å². The molecule has 0 amide bonds. The summed E-state index contributed by atoms with van der Waals surface area (Å²) in [6.07, 6.45) is 11.3. The number of carboxylic acids is 2. The molecule has 4 heteroatoms. The second kappa shape index (κ2) is 13.3. The number of aliphatic carboxylic acids is 2. The van der Waals surface area contributed by atoms with Crippen LogP contribution in [-0.4, -0.2) is 22.2 Å². The van der Waals surface area contributed by atoms with Crippen LogP contribution in [0.15, 0.2) is 30.3 Å². The zero-order valence-electron chi connectivity index (χ0n) is 16.8. The standard InChI is InChI=1S/C23H36O4/c1-2-3-4-5-6-7-13-18-23(21(24)25,22(26)27)19-14-9-12-17-20-15-10-8-11-16-20/h8,10-11,15-16H,2-7,9,12-14,17-19H2,1H3,(H,24,25)(H,26,27). The summed E-state index contributed by atoms with van der Waals surface area (Å²) in [5.74, 6) is -2.35. The van der Waals surface area contributed by atoms with Gasteiger partial charge < -0.3 is 10.2 Å². The lowest BCUT2D eigenvalue weighted by Crippen LogP contribution is -2.39. The highest BCUT2D eigenvalue weighted by atomic mass is 16.4. The van der Waals surface area contributed by atoms with Crippen LogP contribution < -0.4 is 0 Å². The number of carboxylic acid groups (broad SMARTS) is 2. The van der Waals surface area contributed by atoms with Crippen molar-refractivity contribution in [1.29, 1.82) is 0 Å². The van der Waals surface area contributed by atoms with Gasteiger partial charge in [0.1, 0.15) is 0 Å². The number of carbonyl (C=O) groups is 2. The molecule has 152 valence electrons. The number of hydrogen-bond donors (Lipinski definition) is 2. The van der Waals surface area contributed by atoms with Gasteiger partial charge in [-0.05, 0) is 31.2 Å². The summed E-state index contributed by atoms with van der Waals surface area (Å²) in [6, 6.07) is 10.2. The van der Waals surface area contributed by atoms with Crippen molar-refractivity contribution in [2.75, 3.05) is 0 Å². The first-order chi connectivity index (χ1) is 13.0. The molecule has 2 N–H and O–H groups in total. The monoisotopic (exact) mass is 376 g/mol. The van der Waals surface area contributed by atoms with Crippen LogP contribution in [0.1, 0.15) is 89.5 Å². The molecule has 0 spiro atoms. The Morgan fingerprint density at radius 1 is 0.741 bits per heavy atom. The zero-order valence-corrected chi connectivity index (χ0v) is 16.8. The molecule has 27 heavy (non-hydrogen) atoms. The van der Waals surface area contributed by atoms with Crippen LogP contribution in [0.5, 0.6) is 0 Å². The van der Waals surface area contributed by atoms with E-state index in [2.05, 4.69) is 19.1 Å². The number of aryl methyl sites for hydroxylation is 1. The van der Waals surface area contributed by atoms with Crippen LogP contribution >= 0.6 is 0 Å². The zero-order chi connectivity index (χ0) is 20.0. The van der Waals surface area contributed by atoms with Crippen molar-refractivity contribution in [3.8, 4) is 0 Å². The fourth-order valence-corrected chi connectivity index (χ4v) is 3.61. The van der Waals surface area contributed by atoms with Gasteiger partial charge in [0.15, 0.2) is 5.41 Å². The molecular formula is C23H36O4. The van der Waals surface area contributed by atoms with Crippen molar-refractivity contribution < 1.29 is 19.8 Å². The summed E-state index contributed by atoms with van der Waals surface area (Å²) in [5, 5.41) is 19.2. The fourth-order valence-electron chi connectivity index (χ4n) is 3.61. The van der Waals surface area contributed by atoms with E-state index in [-0.39, 0.29) is 12.8 Å². The molecule has 0 saturated carbocycles. The van der Waals surface area contributed by atoms with E-state index < -0.39 is 17.4 Å². The van der Waals surface area contributed by atoms with Crippen molar-refractivity contribution >= 4 is 11.9 Å². The van der Waals surface area contributed by atoms with E-state index in [9.17, 15) is 19.8 Å². The summed E-state index contributed by atoms with van der Waals surface area (Å²) in [5.41, 5.74) is -0.348. The lowest BCUT2D eigenvalue weighted by atomic mass is 9.78. The van der Waals surface area contributed by atoms with Crippen molar-refractivity contribution in [2.45, 2.75) is 90.4 Å². The normalized spacial score (nSPS) is 11.4. The highest BCUT2D eigenvalue weighted by Gasteiger charge is 2.45. The van der Waals surface area contributed by atoms with Crippen molar-refractivity contribution in [3.05, 3.63) is 35.9 Å². The molecule has 0 aliphatic carbocycles. The lowest BCUT2D eigenvalue weighted by Gasteiger charge is -2.25. The van der Waals surface area contributed by atoms with Crippen molar-refractivity contribution in [3.63, 3.8) is 0 Å². The molecule has 0 fully saturated rings. The first kappa shape index (κ1) is 23.2. The van der Waals surface area contributed by atoms with E-state index in [1.807, 2.05) is 18.2 Å². The summed E-state index contributed by atoms with van der Waals surface area (Å²) >= 11 is 0. The van der Waals surface area contributed by atoms with Crippen LogP contribution in [0, 0.1) is 5.41 Å². The number of unbranched alkanes of at least 4 members (excludes halogenated alkanes) is 8. The Morgan fingerprint density at radius 3 is 1.74 bits per heavy atom. The van der Waals surface area contributed by atoms with E-state index in [1.54, 1.807) is 0 Å². The molecule has 0 unspecified atom stereocenters. The maximum atomic E-state index is 11.8. The Morgan fingerprint density at radius 2 is 1.22 bits per heavy atom. The smallest absolute Gasteiger partial charge is 0.321 e. The molecule has 0 aromatic heterocycles. The highest BCUT2D eigenvalue weighted by Crippen LogP contribution is 2.33. The minimum absolute atomic E-state index is 0.224. The predicted molar refractivity (Wildman–Crippen MR) is 109 cm³/mol. The van der Waals surface area contributed by atoms with Crippen molar-refractivity contribution in [2.24, 2.45) is 5.41 Å². The second-order valence-electron chi connectivity index (χ2n) is 7.61. The van der Waals surface area contributed by atoms with E-state index in [0.29, 0.717) is 12.8 Å². The Bertz CT molecular complexity index is 525. The largest absolute Gasteiger partial charge is 0.480 e. The topological polar surface area (TPSA) is 74.6 Å².